The molecule has 0 saturated carbocycles. The van der Waals surface area contributed by atoms with Crippen LogP contribution in [0.1, 0.15) is 0 Å². The molecule has 2 atom stereocenters. The highest BCUT2D eigenvalue weighted by Crippen LogP contribution is 2.06. The van der Waals surface area contributed by atoms with Crippen molar-refractivity contribution >= 4 is 6.09 Å². The number of amides is 1. The molecule has 0 aliphatic carbocycles. The molecule has 0 aromatic rings. The van der Waals surface area contributed by atoms with Gasteiger partial charge in [-0.05, 0) is 0 Å². The summed E-state index contributed by atoms with van der Waals surface area (Å²) in [7, 11) is 0. The first kappa shape index (κ1) is 7.30. The predicted octanol–water partition coefficient (Wildman–Crippen LogP) is -1.19. The smallest absolute Gasteiger partial charge is 0.404 e. The Balaban J connectivity index is 2.33. The number of carbonyl (C=O) groups excluding carboxylic acids is 1. The number of rotatable bonds is 1. The minimum Gasteiger partial charge on any atom is -0.442 e. The third-order valence-electron chi connectivity index (χ3n) is 1.34. The maximum atomic E-state index is 10.2. The maximum absolute atomic E-state index is 10.2. The second-order valence-corrected chi connectivity index (χ2v) is 2.18. The van der Waals surface area contributed by atoms with E-state index in [9.17, 15) is 4.79 Å². The quantitative estimate of drug-likeness (QED) is 0.486. The summed E-state index contributed by atoms with van der Waals surface area (Å²) in [5, 5.41) is 0. The Hall–Kier alpha value is -0.810. The van der Waals surface area contributed by atoms with E-state index in [1.165, 1.54) is 0 Å². The number of primary amides is 1. The van der Waals surface area contributed by atoms with Crippen LogP contribution in [0.3, 0.4) is 0 Å². The Morgan fingerprint density at radius 2 is 2.30 bits per heavy atom. The molecule has 1 amide bonds. The summed E-state index contributed by atoms with van der Waals surface area (Å²) < 4.78 is 9.52. The molecule has 1 aliphatic heterocycles. The van der Waals surface area contributed by atoms with Gasteiger partial charge in [0.15, 0.2) is 0 Å². The summed E-state index contributed by atoms with van der Waals surface area (Å²) in [4.78, 5) is 10.2. The van der Waals surface area contributed by atoms with Crippen LogP contribution in [0.2, 0.25) is 0 Å². The van der Waals surface area contributed by atoms with Crippen molar-refractivity contribution in [2.24, 2.45) is 11.5 Å². The van der Waals surface area contributed by atoms with Crippen molar-refractivity contribution in [3.63, 3.8) is 0 Å². The van der Waals surface area contributed by atoms with E-state index in [4.69, 9.17) is 16.2 Å². The zero-order valence-corrected chi connectivity index (χ0v) is 5.45. The lowest BCUT2D eigenvalue weighted by Crippen LogP contribution is -2.37. The minimum absolute atomic E-state index is 0.229. The van der Waals surface area contributed by atoms with Crippen molar-refractivity contribution < 1.29 is 14.3 Å². The molecule has 0 aromatic carbocycles. The van der Waals surface area contributed by atoms with Gasteiger partial charge in [0.05, 0.1) is 19.3 Å². The maximum Gasteiger partial charge on any atom is 0.404 e. The highest BCUT2D eigenvalue weighted by molar-refractivity contribution is 5.64. The number of carbonyl (C=O) groups is 1. The van der Waals surface area contributed by atoms with Crippen molar-refractivity contribution in [2.45, 2.75) is 12.1 Å². The van der Waals surface area contributed by atoms with Gasteiger partial charge in [-0.3, -0.25) is 0 Å². The molecule has 0 unspecified atom stereocenters. The van der Waals surface area contributed by atoms with Crippen LogP contribution < -0.4 is 11.5 Å². The molecule has 0 spiro atoms. The molecule has 58 valence electrons. The van der Waals surface area contributed by atoms with Crippen LogP contribution in [0, 0.1) is 0 Å². The van der Waals surface area contributed by atoms with Crippen molar-refractivity contribution in [2.75, 3.05) is 13.2 Å². The normalized spacial score (nSPS) is 32.1. The Bertz CT molecular complexity index is 139. The molecule has 1 fully saturated rings. The van der Waals surface area contributed by atoms with Crippen molar-refractivity contribution in [3.05, 3.63) is 0 Å². The molecule has 10 heavy (non-hydrogen) atoms. The second-order valence-electron chi connectivity index (χ2n) is 2.18. The molecular formula is C5H10N2O3. The van der Waals surface area contributed by atoms with E-state index in [0.29, 0.717) is 13.2 Å². The molecular weight excluding hydrogens is 136 g/mol. The zero-order valence-electron chi connectivity index (χ0n) is 5.45. The van der Waals surface area contributed by atoms with Crippen molar-refractivity contribution in [1.82, 2.24) is 0 Å². The molecule has 5 heteroatoms. The third-order valence-corrected chi connectivity index (χ3v) is 1.34. The first-order valence-corrected chi connectivity index (χ1v) is 2.99. The second kappa shape index (κ2) is 2.85. The van der Waals surface area contributed by atoms with Crippen molar-refractivity contribution in [1.29, 1.82) is 0 Å². The van der Waals surface area contributed by atoms with Gasteiger partial charge in [0, 0.05) is 0 Å². The lowest BCUT2D eigenvalue weighted by molar-refractivity contribution is 0.0867. The van der Waals surface area contributed by atoms with E-state index in [1.807, 2.05) is 0 Å². The summed E-state index contributed by atoms with van der Waals surface area (Å²) in [5.41, 5.74) is 10.2. The monoisotopic (exact) mass is 146 g/mol. The van der Waals surface area contributed by atoms with Crippen LogP contribution in [0.25, 0.3) is 0 Å². The fourth-order valence-corrected chi connectivity index (χ4v) is 0.822. The van der Waals surface area contributed by atoms with Gasteiger partial charge in [-0.15, -0.1) is 0 Å². The van der Waals surface area contributed by atoms with Gasteiger partial charge in [0.25, 0.3) is 0 Å². The average molecular weight is 146 g/mol. The Morgan fingerprint density at radius 3 is 2.70 bits per heavy atom. The van der Waals surface area contributed by atoms with Gasteiger partial charge in [-0.1, -0.05) is 0 Å². The fourth-order valence-electron chi connectivity index (χ4n) is 0.822. The van der Waals surface area contributed by atoms with Crippen LogP contribution in [-0.2, 0) is 9.47 Å². The van der Waals surface area contributed by atoms with Crippen LogP contribution >= 0.6 is 0 Å². The van der Waals surface area contributed by atoms with Crippen LogP contribution in [0.15, 0.2) is 0 Å². The topological polar surface area (TPSA) is 87.6 Å². The summed E-state index contributed by atoms with van der Waals surface area (Å²) in [6.45, 7) is 0.780. The highest BCUT2D eigenvalue weighted by atomic mass is 16.6. The van der Waals surface area contributed by atoms with Gasteiger partial charge >= 0.3 is 6.09 Å². The van der Waals surface area contributed by atoms with Crippen molar-refractivity contribution in [3.8, 4) is 0 Å². The molecule has 0 bridgehead atoms. The SMILES string of the molecule is NC(=O)O[C@H]1COC[C@H]1N. The van der Waals surface area contributed by atoms with Gasteiger partial charge < -0.3 is 20.9 Å². The van der Waals surface area contributed by atoms with E-state index >= 15 is 0 Å². The minimum atomic E-state index is -0.800. The molecule has 5 nitrogen and oxygen atoms in total. The van der Waals surface area contributed by atoms with E-state index in [0.717, 1.165) is 0 Å². The third kappa shape index (κ3) is 1.58. The fraction of sp³-hybridized carbons (Fsp3) is 0.800. The number of nitrogens with two attached hydrogens (primary N) is 2. The molecule has 1 aliphatic rings. The van der Waals surface area contributed by atoms with Gasteiger partial charge in [0.2, 0.25) is 0 Å². The number of ether oxygens (including phenoxy) is 2. The lowest BCUT2D eigenvalue weighted by atomic mass is 10.2. The molecule has 4 N–H and O–H groups in total. The van der Waals surface area contributed by atoms with Crippen LogP contribution in [0.5, 0.6) is 0 Å². The first-order chi connectivity index (χ1) is 4.70. The molecule has 1 rings (SSSR count). The largest absolute Gasteiger partial charge is 0.442 e. The zero-order chi connectivity index (χ0) is 7.56. The Morgan fingerprint density at radius 1 is 1.60 bits per heavy atom. The summed E-state index contributed by atoms with van der Waals surface area (Å²) in [6.07, 6.45) is -1.16. The number of hydrogen-bond acceptors (Lipinski definition) is 4. The first-order valence-electron chi connectivity index (χ1n) is 2.99. The van der Waals surface area contributed by atoms with E-state index in [2.05, 4.69) is 4.74 Å². The van der Waals surface area contributed by atoms with E-state index in [-0.39, 0.29) is 12.1 Å². The lowest BCUT2D eigenvalue weighted by Gasteiger charge is -2.11. The number of hydrogen-bond donors (Lipinski definition) is 2. The summed E-state index contributed by atoms with van der Waals surface area (Å²) in [6, 6.07) is -0.229. The average Bonchev–Trinajstić information content (AvgIpc) is 2.15. The van der Waals surface area contributed by atoms with Gasteiger partial charge in [0.1, 0.15) is 6.10 Å². The Labute approximate surface area is 58.3 Å². The molecule has 1 saturated heterocycles. The molecule has 1 heterocycles. The molecule has 0 aromatic heterocycles. The van der Waals surface area contributed by atoms with Gasteiger partial charge in [-0.25, -0.2) is 4.79 Å². The predicted molar refractivity (Wildman–Crippen MR) is 33.3 cm³/mol. The van der Waals surface area contributed by atoms with Crippen LogP contribution in [-0.4, -0.2) is 31.5 Å². The summed E-state index contributed by atoms with van der Waals surface area (Å²) in [5.74, 6) is 0. The highest BCUT2D eigenvalue weighted by Gasteiger charge is 2.27. The standard InChI is InChI=1S/C5H10N2O3/c6-3-1-9-2-4(3)10-5(7)8/h3-4H,1-2,6H2,(H2,7,8)/t3-,4+/m1/s1. The van der Waals surface area contributed by atoms with Crippen LogP contribution in [0.4, 0.5) is 4.79 Å². The van der Waals surface area contributed by atoms with E-state index < -0.39 is 6.09 Å². The molecule has 0 radical (unpaired) electrons. The van der Waals surface area contributed by atoms with E-state index in [1.54, 1.807) is 0 Å². The van der Waals surface area contributed by atoms with Gasteiger partial charge in [-0.2, -0.15) is 0 Å². The summed E-state index contributed by atoms with van der Waals surface area (Å²) >= 11 is 0. The Kier molecular flexibility index (Phi) is 2.08.